The second-order valence-electron chi connectivity index (χ2n) is 4.86. The quantitative estimate of drug-likeness (QED) is 0.387. The maximum atomic E-state index is 11.2. The van der Waals surface area contributed by atoms with Gasteiger partial charge in [-0.15, -0.1) is 0 Å². The number of carbonyl (C=O) groups is 4. The molecule has 23 heavy (non-hydrogen) atoms. The fourth-order valence-electron chi connectivity index (χ4n) is 2.45. The van der Waals surface area contributed by atoms with Gasteiger partial charge in [0.15, 0.2) is 5.72 Å². The van der Waals surface area contributed by atoms with Gasteiger partial charge in [-0.2, -0.15) is 0 Å². The molecule has 11 heteroatoms. The van der Waals surface area contributed by atoms with E-state index in [1.165, 1.54) is 0 Å². The summed E-state index contributed by atoms with van der Waals surface area (Å²) < 4.78 is 10.6. The summed E-state index contributed by atoms with van der Waals surface area (Å²) in [7, 11) is 0. The summed E-state index contributed by atoms with van der Waals surface area (Å²) in [4.78, 5) is 44.9. The predicted molar refractivity (Wildman–Crippen MR) is 69.8 cm³/mol. The molecule has 4 N–H and O–H groups in total. The predicted octanol–water partition coefficient (Wildman–Crippen LogP) is -1.48. The minimum atomic E-state index is -2.00. The Balaban J connectivity index is 3.26. The Morgan fingerprint density at radius 2 is 1.48 bits per heavy atom. The zero-order chi connectivity index (χ0) is 17.6. The Hall–Kier alpha value is -2.24. The minimum Gasteiger partial charge on any atom is -0.481 e. The van der Waals surface area contributed by atoms with Gasteiger partial charge in [0, 0.05) is 0 Å². The summed E-state index contributed by atoms with van der Waals surface area (Å²) in [6.45, 7) is -1.84. The molecule has 0 aromatic heterocycles. The lowest BCUT2D eigenvalue weighted by molar-refractivity contribution is -0.272. The fraction of sp³-hybridized carbons (Fsp3) is 0.667. The van der Waals surface area contributed by atoms with Crippen molar-refractivity contribution in [3.8, 4) is 0 Å². The van der Waals surface area contributed by atoms with Crippen LogP contribution in [-0.2, 0) is 28.7 Å². The first kappa shape index (κ1) is 18.8. The van der Waals surface area contributed by atoms with Crippen molar-refractivity contribution in [2.75, 3.05) is 26.3 Å². The molecule has 0 amide bonds. The van der Waals surface area contributed by atoms with Gasteiger partial charge in [-0.1, -0.05) is 0 Å². The Labute approximate surface area is 130 Å². The highest BCUT2D eigenvalue weighted by Crippen LogP contribution is 2.33. The standard InChI is InChI=1S/C12H17NO10/c14-8(15)3-7-12(4-9(16)17,23-2-1-22-7)13(5-10(18)19)6-11(20)21/h7H,1-6H2,(H,14,15)(H,16,17)(H,18,19)(H,20,21). The summed E-state index contributed by atoms with van der Waals surface area (Å²) in [5.74, 6) is -5.56. The molecule has 0 aromatic rings. The van der Waals surface area contributed by atoms with Crippen molar-refractivity contribution >= 4 is 23.9 Å². The third-order valence-corrected chi connectivity index (χ3v) is 3.21. The second-order valence-corrected chi connectivity index (χ2v) is 4.86. The van der Waals surface area contributed by atoms with E-state index in [1.54, 1.807) is 0 Å². The highest BCUT2D eigenvalue weighted by molar-refractivity contribution is 5.74. The van der Waals surface area contributed by atoms with E-state index >= 15 is 0 Å². The van der Waals surface area contributed by atoms with Gasteiger partial charge in [0.05, 0.1) is 39.1 Å². The zero-order valence-corrected chi connectivity index (χ0v) is 12.0. The lowest BCUT2D eigenvalue weighted by Gasteiger charge is -2.48. The van der Waals surface area contributed by atoms with Crippen molar-refractivity contribution in [1.82, 2.24) is 4.90 Å². The van der Waals surface area contributed by atoms with E-state index in [4.69, 9.17) is 29.9 Å². The summed E-state index contributed by atoms with van der Waals surface area (Å²) >= 11 is 0. The molecule has 2 unspecified atom stereocenters. The van der Waals surface area contributed by atoms with Crippen molar-refractivity contribution in [2.45, 2.75) is 24.7 Å². The van der Waals surface area contributed by atoms with Crippen LogP contribution in [0.5, 0.6) is 0 Å². The van der Waals surface area contributed by atoms with Crippen molar-refractivity contribution in [1.29, 1.82) is 0 Å². The van der Waals surface area contributed by atoms with Crippen molar-refractivity contribution in [3.05, 3.63) is 0 Å². The van der Waals surface area contributed by atoms with E-state index in [9.17, 15) is 19.2 Å². The molecule has 1 fully saturated rings. The van der Waals surface area contributed by atoms with E-state index in [0.29, 0.717) is 0 Å². The molecule has 0 radical (unpaired) electrons. The Morgan fingerprint density at radius 1 is 0.913 bits per heavy atom. The van der Waals surface area contributed by atoms with E-state index in [-0.39, 0.29) is 13.2 Å². The van der Waals surface area contributed by atoms with Crippen LogP contribution in [0.15, 0.2) is 0 Å². The maximum absolute atomic E-state index is 11.2. The van der Waals surface area contributed by atoms with Crippen LogP contribution in [0, 0.1) is 0 Å². The number of ether oxygens (including phenoxy) is 2. The molecular formula is C12H17NO10. The van der Waals surface area contributed by atoms with Crippen LogP contribution in [0.2, 0.25) is 0 Å². The molecule has 2 atom stereocenters. The molecule has 0 bridgehead atoms. The smallest absolute Gasteiger partial charge is 0.317 e. The van der Waals surface area contributed by atoms with Crippen LogP contribution in [-0.4, -0.2) is 87.3 Å². The van der Waals surface area contributed by atoms with Gasteiger partial charge in [-0.3, -0.25) is 24.1 Å². The Bertz CT molecular complexity index is 476. The molecule has 1 heterocycles. The van der Waals surface area contributed by atoms with Gasteiger partial charge < -0.3 is 29.9 Å². The van der Waals surface area contributed by atoms with E-state index in [1.807, 2.05) is 0 Å². The first-order valence-electron chi connectivity index (χ1n) is 6.55. The summed E-state index contributed by atoms with van der Waals surface area (Å²) in [5, 5.41) is 35.9. The fourth-order valence-corrected chi connectivity index (χ4v) is 2.45. The van der Waals surface area contributed by atoms with Crippen molar-refractivity contribution < 1.29 is 49.1 Å². The highest BCUT2D eigenvalue weighted by atomic mass is 16.6. The minimum absolute atomic E-state index is 0.0205. The first-order chi connectivity index (χ1) is 10.7. The molecular weight excluding hydrogens is 318 g/mol. The summed E-state index contributed by atoms with van der Waals surface area (Å²) in [5.41, 5.74) is -2.00. The Kier molecular flexibility index (Phi) is 6.42. The Morgan fingerprint density at radius 3 is 1.91 bits per heavy atom. The molecule has 11 nitrogen and oxygen atoms in total. The molecule has 1 saturated heterocycles. The van der Waals surface area contributed by atoms with Crippen LogP contribution in [0.25, 0.3) is 0 Å². The average Bonchev–Trinajstić information content (AvgIpc) is 2.38. The number of hydrogen-bond donors (Lipinski definition) is 4. The van der Waals surface area contributed by atoms with Crippen LogP contribution < -0.4 is 0 Å². The molecule has 1 rings (SSSR count). The number of carboxylic acids is 4. The highest BCUT2D eigenvalue weighted by Gasteiger charge is 2.51. The van der Waals surface area contributed by atoms with Crippen LogP contribution >= 0.6 is 0 Å². The third-order valence-electron chi connectivity index (χ3n) is 3.21. The molecule has 0 aromatic carbocycles. The SMILES string of the molecule is O=C(O)CC1OCCOC1(CC(=O)O)N(CC(=O)O)CC(=O)O. The largest absolute Gasteiger partial charge is 0.481 e. The molecule has 130 valence electrons. The van der Waals surface area contributed by atoms with Crippen LogP contribution in [0.3, 0.4) is 0 Å². The van der Waals surface area contributed by atoms with Gasteiger partial charge >= 0.3 is 23.9 Å². The first-order valence-corrected chi connectivity index (χ1v) is 6.55. The number of rotatable bonds is 9. The number of aliphatic carboxylic acids is 4. The maximum Gasteiger partial charge on any atom is 0.317 e. The van der Waals surface area contributed by atoms with E-state index in [0.717, 1.165) is 4.90 Å². The lowest BCUT2D eigenvalue weighted by Crippen LogP contribution is -2.65. The zero-order valence-electron chi connectivity index (χ0n) is 12.0. The van der Waals surface area contributed by atoms with Gasteiger partial charge in [0.2, 0.25) is 0 Å². The second kappa shape index (κ2) is 7.85. The van der Waals surface area contributed by atoms with Crippen molar-refractivity contribution in [3.63, 3.8) is 0 Å². The molecule has 0 spiro atoms. The number of carboxylic acid groups (broad SMARTS) is 4. The lowest BCUT2D eigenvalue weighted by atomic mass is 9.95. The number of nitrogens with zero attached hydrogens (tertiary/aromatic N) is 1. The van der Waals surface area contributed by atoms with Crippen molar-refractivity contribution in [2.24, 2.45) is 0 Å². The average molecular weight is 335 g/mol. The molecule has 1 aliphatic rings. The third kappa shape index (κ3) is 5.16. The van der Waals surface area contributed by atoms with Gasteiger partial charge in [0.1, 0.15) is 6.10 Å². The van der Waals surface area contributed by atoms with Crippen LogP contribution in [0.1, 0.15) is 12.8 Å². The van der Waals surface area contributed by atoms with Gasteiger partial charge in [-0.25, -0.2) is 0 Å². The topological polar surface area (TPSA) is 171 Å². The summed E-state index contributed by atoms with van der Waals surface area (Å²) in [6, 6.07) is 0. The normalized spacial score (nSPS) is 24.3. The number of hydrogen-bond acceptors (Lipinski definition) is 7. The van der Waals surface area contributed by atoms with Gasteiger partial charge in [0.25, 0.3) is 0 Å². The van der Waals surface area contributed by atoms with Crippen LogP contribution in [0.4, 0.5) is 0 Å². The molecule has 0 aliphatic carbocycles. The van der Waals surface area contributed by atoms with E-state index in [2.05, 4.69) is 0 Å². The summed E-state index contributed by atoms with van der Waals surface area (Å²) in [6.07, 6.45) is -2.82. The molecule has 0 saturated carbocycles. The monoisotopic (exact) mass is 335 g/mol. The van der Waals surface area contributed by atoms with E-state index < -0.39 is 61.6 Å². The van der Waals surface area contributed by atoms with Gasteiger partial charge in [-0.05, 0) is 0 Å². The molecule has 1 aliphatic heterocycles.